The molecule has 0 saturated carbocycles. The van der Waals surface area contributed by atoms with Crippen molar-refractivity contribution in [1.82, 2.24) is 16.5 Å². The maximum atomic E-state index is 6.51. The molecule has 162 valence electrons. The van der Waals surface area contributed by atoms with Crippen molar-refractivity contribution in [3.63, 3.8) is 0 Å². The van der Waals surface area contributed by atoms with Crippen LogP contribution in [0.5, 0.6) is 0 Å². The summed E-state index contributed by atoms with van der Waals surface area (Å²) in [5.41, 5.74) is 9.43. The summed E-state index contributed by atoms with van der Waals surface area (Å²) in [5.74, 6) is 0. The zero-order valence-electron chi connectivity index (χ0n) is 18.2. The van der Waals surface area contributed by atoms with Gasteiger partial charge in [-0.1, -0.05) is 91.0 Å². The molecule has 1 atom stereocenters. The van der Waals surface area contributed by atoms with Crippen molar-refractivity contribution in [3.05, 3.63) is 108 Å². The summed E-state index contributed by atoms with van der Waals surface area (Å²) in [7, 11) is 1.97. The molecule has 1 unspecified atom stereocenters. The summed E-state index contributed by atoms with van der Waals surface area (Å²) < 4.78 is 0. The number of rotatable bonds is 8. The van der Waals surface area contributed by atoms with E-state index in [1.54, 1.807) is 0 Å². The Balaban J connectivity index is 0.00000272. The highest BCUT2D eigenvalue weighted by Gasteiger charge is 2.36. The zero-order valence-corrected chi connectivity index (χ0v) is 18.2. The van der Waals surface area contributed by atoms with E-state index >= 15 is 0 Å². The lowest BCUT2D eigenvalue weighted by molar-refractivity contribution is 0.324. The summed E-state index contributed by atoms with van der Waals surface area (Å²) in [5, 5.41) is 10.2. The first-order chi connectivity index (χ1) is 14.6. The Morgan fingerprint density at radius 3 is 1.71 bits per heavy atom. The maximum absolute atomic E-state index is 6.51. The fourth-order valence-corrected chi connectivity index (χ4v) is 4.43. The third kappa shape index (κ3) is 4.85. The quantitative estimate of drug-likeness (QED) is 0.381. The topological polar surface area (TPSA) is 88.7 Å². The van der Waals surface area contributed by atoms with E-state index in [1.165, 1.54) is 16.7 Å². The fraction of sp³-hybridized carbons (Fsp3) is 0.269. The van der Waals surface area contributed by atoms with E-state index in [1.807, 2.05) is 18.3 Å². The van der Waals surface area contributed by atoms with Crippen LogP contribution >= 0.6 is 0 Å². The van der Waals surface area contributed by atoms with Crippen LogP contribution in [-0.4, -0.2) is 36.9 Å². The predicted molar refractivity (Wildman–Crippen MR) is 130 cm³/mol. The molecule has 5 heteroatoms. The number of likely N-dealkylation sites (N-methyl/N-ethyl adjacent to an activating group) is 1. The standard InChI is InChI=1S/C26H30N4.H3N/c1-30-21-25(27,20-29-30)18-11-19-28-26(22-12-5-2-6-13-22,23-14-7-3-8-15-23)24-16-9-4-10-17-24;/h2-10,12-17,20,28H,11,18-19,21,27H2,1H3;1H3. The first-order valence-electron chi connectivity index (χ1n) is 10.6. The Bertz CT molecular complexity index is 862. The van der Waals surface area contributed by atoms with Gasteiger partial charge in [-0.05, 0) is 36.1 Å². The minimum absolute atomic E-state index is 0. The number of nitrogens with two attached hydrogens (primary N) is 1. The van der Waals surface area contributed by atoms with Gasteiger partial charge in [0.15, 0.2) is 0 Å². The molecule has 5 nitrogen and oxygen atoms in total. The SMILES string of the molecule is CN1CC(N)(CCCNC(c2ccccc2)(c2ccccc2)c2ccccc2)C=N1.N. The van der Waals surface area contributed by atoms with Crippen molar-refractivity contribution in [2.45, 2.75) is 23.9 Å². The molecule has 1 aliphatic rings. The molecule has 0 fully saturated rings. The van der Waals surface area contributed by atoms with E-state index in [2.05, 4.69) is 101 Å². The molecular formula is C26H33N5. The second-order valence-corrected chi connectivity index (χ2v) is 8.17. The highest BCUT2D eigenvalue weighted by atomic mass is 15.5. The molecule has 0 bridgehead atoms. The van der Waals surface area contributed by atoms with Crippen molar-refractivity contribution in [1.29, 1.82) is 0 Å². The Morgan fingerprint density at radius 2 is 1.32 bits per heavy atom. The molecule has 0 amide bonds. The molecule has 31 heavy (non-hydrogen) atoms. The Kier molecular flexibility index (Phi) is 7.23. The van der Waals surface area contributed by atoms with Crippen LogP contribution in [0.1, 0.15) is 29.5 Å². The van der Waals surface area contributed by atoms with Crippen molar-refractivity contribution in [2.75, 3.05) is 20.1 Å². The van der Waals surface area contributed by atoms with Crippen LogP contribution in [0.3, 0.4) is 0 Å². The van der Waals surface area contributed by atoms with Gasteiger partial charge in [0.05, 0.1) is 17.6 Å². The average molecular weight is 416 g/mol. The molecule has 0 aromatic heterocycles. The number of hydrogen-bond donors (Lipinski definition) is 3. The average Bonchev–Trinajstić information content (AvgIpc) is 3.14. The van der Waals surface area contributed by atoms with Gasteiger partial charge >= 0.3 is 0 Å². The second-order valence-electron chi connectivity index (χ2n) is 8.17. The number of hydrazone groups is 1. The van der Waals surface area contributed by atoms with Gasteiger partial charge in [0.25, 0.3) is 0 Å². The molecule has 0 spiro atoms. The van der Waals surface area contributed by atoms with Gasteiger partial charge in [-0.15, -0.1) is 0 Å². The third-order valence-electron chi connectivity index (χ3n) is 5.86. The van der Waals surface area contributed by atoms with Crippen LogP contribution in [-0.2, 0) is 5.54 Å². The molecule has 1 heterocycles. The van der Waals surface area contributed by atoms with Gasteiger partial charge in [-0.25, -0.2) is 0 Å². The van der Waals surface area contributed by atoms with Crippen LogP contribution in [0.4, 0.5) is 0 Å². The summed E-state index contributed by atoms with van der Waals surface area (Å²) in [4.78, 5) is 0. The Labute approximate surface area is 185 Å². The number of nitrogens with zero attached hydrogens (tertiary/aromatic N) is 2. The minimum Gasteiger partial charge on any atom is -0.344 e. The van der Waals surface area contributed by atoms with Crippen LogP contribution in [0.2, 0.25) is 0 Å². The molecule has 4 rings (SSSR count). The lowest BCUT2D eigenvalue weighted by atomic mass is 9.77. The van der Waals surface area contributed by atoms with Gasteiger partial charge in [-0.3, -0.25) is 10.3 Å². The van der Waals surface area contributed by atoms with E-state index in [4.69, 9.17) is 5.73 Å². The van der Waals surface area contributed by atoms with E-state index < -0.39 is 5.54 Å². The summed E-state index contributed by atoms with van der Waals surface area (Å²) >= 11 is 0. The van der Waals surface area contributed by atoms with Crippen LogP contribution in [0.15, 0.2) is 96.1 Å². The largest absolute Gasteiger partial charge is 0.344 e. The van der Waals surface area contributed by atoms with Crippen molar-refractivity contribution >= 4 is 6.21 Å². The smallest absolute Gasteiger partial charge is 0.0947 e. The maximum Gasteiger partial charge on any atom is 0.0947 e. The van der Waals surface area contributed by atoms with Crippen molar-refractivity contribution < 1.29 is 0 Å². The number of nitrogens with one attached hydrogen (secondary N) is 1. The molecule has 0 aliphatic carbocycles. The van der Waals surface area contributed by atoms with E-state index in [0.717, 1.165) is 25.9 Å². The van der Waals surface area contributed by atoms with E-state index in [0.29, 0.717) is 0 Å². The van der Waals surface area contributed by atoms with Gasteiger partial charge < -0.3 is 11.9 Å². The Hall–Kier alpha value is -2.99. The fourth-order valence-electron chi connectivity index (χ4n) is 4.43. The second kappa shape index (κ2) is 9.88. The van der Waals surface area contributed by atoms with E-state index in [-0.39, 0.29) is 11.7 Å². The molecule has 0 radical (unpaired) electrons. The Morgan fingerprint density at radius 1 is 0.871 bits per heavy atom. The number of hydrogen-bond acceptors (Lipinski definition) is 5. The summed E-state index contributed by atoms with van der Waals surface area (Å²) in [6.45, 7) is 1.61. The summed E-state index contributed by atoms with van der Waals surface area (Å²) in [6.07, 6.45) is 3.75. The highest BCUT2D eigenvalue weighted by Crippen LogP contribution is 2.36. The minimum atomic E-state index is -0.425. The summed E-state index contributed by atoms with van der Waals surface area (Å²) in [6, 6.07) is 32.1. The van der Waals surface area contributed by atoms with Crippen LogP contribution in [0, 0.1) is 0 Å². The van der Waals surface area contributed by atoms with Crippen molar-refractivity contribution in [3.8, 4) is 0 Å². The van der Waals surface area contributed by atoms with Gasteiger partial charge in [0.2, 0.25) is 0 Å². The van der Waals surface area contributed by atoms with Gasteiger partial charge in [0, 0.05) is 13.3 Å². The van der Waals surface area contributed by atoms with Crippen LogP contribution in [0.25, 0.3) is 0 Å². The molecule has 6 N–H and O–H groups in total. The number of benzene rings is 3. The van der Waals surface area contributed by atoms with Crippen LogP contribution < -0.4 is 17.2 Å². The first kappa shape index (κ1) is 22.7. The normalized spacial score (nSPS) is 18.1. The van der Waals surface area contributed by atoms with Crippen molar-refractivity contribution in [2.24, 2.45) is 10.8 Å². The molecule has 3 aromatic carbocycles. The zero-order chi connectivity index (χ0) is 20.9. The van der Waals surface area contributed by atoms with Gasteiger partial charge in [0.1, 0.15) is 0 Å². The molecule has 0 saturated heterocycles. The molecule has 1 aliphatic heterocycles. The third-order valence-corrected chi connectivity index (χ3v) is 5.86. The predicted octanol–water partition coefficient (Wildman–Crippen LogP) is 4.14. The lowest BCUT2D eigenvalue weighted by Crippen LogP contribution is -2.47. The molecular weight excluding hydrogens is 382 g/mol. The van der Waals surface area contributed by atoms with E-state index in [9.17, 15) is 0 Å². The highest BCUT2D eigenvalue weighted by molar-refractivity contribution is 5.71. The van der Waals surface area contributed by atoms with Gasteiger partial charge in [-0.2, -0.15) is 5.10 Å². The first-order valence-corrected chi connectivity index (χ1v) is 10.6. The monoisotopic (exact) mass is 415 g/mol. The molecule has 3 aromatic rings. The lowest BCUT2D eigenvalue weighted by Gasteiger charge is -2.37.